The first-order valence-corrected chi connectivity index (χ1v) is 8.84. The van der Waals surface area contributed by atoms with Crippen molar-refractivity contribution in [2.24, 2.45) is 0 Å². The Morgan fingerprint density at radius 3 is 2.68 bits per heavy atom. The molecule has 2 N–H and O–H groups in total. The van der Waals surface area contributed by atoms with Gasteiger partial charge in [-0.25, -0.2) is 0 Å². The number of aromatic nitrogens is 4. The fourth-order valence-corrected chi connectivity index (χ4v) is 2.97. The van der Waals surface area contributed by atoms with E-state index >= 15 is 0 Å². The lowest BCUT2D eigenvalue weighted by molar-refractivity contribution is -0.117. The average Bonchev–Trinajstić information content (AvgIpc) is 3.24. The summed E-state index contributed by atoms with van der Waals surface area (Å²) in [7, 11) is 3.17. The Morgan fingerprint density at radius 1 is 1.18 bits per heavy atom. The van der Waals surface area contributed by atoms with Crippen LogP contribution in [0.25, 0.3) is 0 Å². The Kier molecular flexibility index (Phi) is 5.88. The Balaban J connectivity index is 1.90. The molecule has 0 saturated carbocycles. The van der Waals surface area contributed by atoms with Gasteiger partial charge < -0.3 is 14.8 Å². The van der Waals surface area contributed by atoms with Gasteiger partial charge in [-0.1, -0.05) is 23.4 Å². The lowest BCUT2D eigenvalue weighted by Crippen LogP contribution is -2.25. The Morgan fingerprint density at radius 2 is 2.00 bits per heavy atom. The summed E-state index contributed by atoms with van der Waals surface area (Å²) in [5, 5.41) is 17.1. The molecule has 28 heavy (non-hydrogen) atoms. The maximum absolute atomic E-state index is 13.1. The van der Waals surface area contributed by atoms with Gasteiger partial charge in [0.15, 0.2) is 5.82 Å². The third kappa shape index (κ3) is 4.11. The van der Waals surface area contributed by atoms with Crippen molar-refractivity contribution in [2.75, 3.05) is 19.5 Å². The molecule has 0 bridgehead atoms. The van der Waals surface area contributed by atoms with E-state index in [2.05, 4.69) is 25.9 Å². The molecular formula is C20H23N5O3. The molecule has 0 spiro atoms. The van der Waals surface area contributed by atoms with Crippen LogP contribution < -0.4 is 14.8 Å². The second kappa shape index (κ2) is 8.51. The summed E-state index contributed by atoms with van der Waals surface area (Å²) in [5.41, 5.74) is 3.73. The predicted octanol–water partition coefficient (Wildman–Crippen LogP) is 2.80. The third-order valence-electron chi connectivity index (χ3n) is 4.77. The highest BCUT2D eigenvalue weighted by atomic mass is 16.5. The molecule has 0 unspecified atom stereocenters. The zero-order chi connectivity index (χ0) is 20.1. The Labute approximate surface area is 163 Å². The molecule has 0 aliphatic rings. The van der Waals surface area contributed by atoms with E-state index in [-0.39, 0.29) is 5.91 Å². The lowest BCUT2D eigenvalue weighted by Gasteiger charge is -2.17. The second-order valence-electron chi connectivity index (χ2n) is 6.44. The van der Waals surface area contributed by atoms with Crippen molar-refractivity contribution in [1.82, 2.24) is 20.6 Å². The number of anilines is 1. The van der Waals surface area contributed by atoms with Crippen LogP contribution in [0.4, 0.5) is 5.69 Å². The number of rotatable bonds is 7. The van der Waals surface area contributed by atoms with Gasteiger partial charge in [-0.3, -0.25) is 4.79 Å². The molecule has 2 aromatic carbocycles. The number of aromatic amines is 1. The molecule has 0 radical (unpaired) electrons. The first kappa shape index (κ1) is 19.3. The van der Waals surface area contributed by atoms with Gasteiger partial charge in [0.1, 0.15) is 17.4 Å². The summed E-state index contributed by atoms with van der Waals surface area (Å²) in [6, 6.07) is 11.3. The topological polar surface area (TPSA) is 102 Å². The predicted molar refractivity (Wildman–Crippen MR) is 105 cm³/mol. The number of nitrogens with zero attached hydrogens (tertiary/aromatic N) is 3. The van der Waals surface area contributed by atoms with Crippen LogP contribution in [0.15, 0.2) is 36.4 Å². The number of methoxy groups -OCH3 is 2. The van der Waals surface area contributed by atoms with E-state index in [9.17, 15) is 4.79 Å². The number of carbonyl (C=O) groups is 1. The highest BCUT2D eigenvalue weighted by Crippen LogP contribution is 2.30. The highest BCUT2D eigenvalue weighted by Gasteiger charge is 2.27. The molecule has 146 valence electrons. The zero-order valence-corrected chi connectivity index (χ0v) is 16.3. The molecule has 1 aromatic heterocycles. The number of aryl methyl sites for hydroxylation is 1. The molecule has 0 aliphatic heterocycles. The number of benzene rings is 2. The largest absolute Gasteiger partial charge is 0.497 e. The molecule has 1 amide bonds. The number of amides is 1. The van der Waals surface area contributed by atoms with Gasteiger partial charge in [0.2, 0.25) is 5.91 Å². The van der Waals surface area contributed by atoms with E-state index in [1.54, 1.807) is 20.3 Å². The molecular weight excluding hydrogens is 358 g/mol. The van der Waals surface area contributed by atoms with Gasteiger partial charge in [-0.05, 0) is 49.1 Å². The second-order valence-corrected chi connectivity index (χ2v) is 6.44. The van der Waals surface area contributed by atoms with Crippen LogP contribution in [0, 0.1) is 13.8 Å². The van der Waals surface area contributed by atoms with Crippen molar-refractivity contribution in [1.29, 1.82) is 0 Å². The number of nitrogens with one attached hydrogen (secondary N) is 2. The van der Waals surface area contributed by atoms with Crippen LogP contribution in [-0.4, -0.2) is 40.8 Å². The maximum atomic E-state index is 13.1. The number of hydrogen-bond donors (Lipinski definition) is 2. The van der Waals surface area contributed by atoms with Crippen LogP contribution in [-0.2, 0) is 11.2 Å². The molecule has 0 saturated heterocycles. The van der Waals surface area contributed by atoms with Gasteiger partial charge in [0.05, 0.1) is 14.2 Å². The zero-order valence-electron chi connectivity index (χ0n) is 16.3. The van der Waals surface area contributed by atoms with E-state index in [0.717, 1.165) is 22.4 Å². The average molecular weight is 381 g/mol. The van der Waals surface area contributed by atoms with Gasteiger partial charge in [-0.2, -0.15) is 5.21 Å². The summed E-state index contributed by atoms with van der Waals surface area (Å²) < 4.78 is 10.7. The minimum absolute atomic E-state index is 0.215. The summed E-state index contributed by atoms with van der Waals surface area (Å²) in [5.74, 6) is 0.776. The molecule has 8 heteroatoms. The number of ether oxygens (including phenoxy) is 2. The van der Waals surface area contributed by atoms with Crippen LogP contribution in [0.5, 0.6) is 11.5 Å². The van der Waals surface area contributed by atoms with E-state index in [4.69, 9.17) is 9.47 Å². The smallest absolute Gasteiger partial charge is 0.235 e. The number of H-pyrrole nitrogens is 1. The molecule has 0 fully saturated rings. The fourth-order valence-electron chi connectivity index (χ4n) is 2.97. The summed E-state index contributed by atoms with van der Waals surface area (Å²) in [6.45, 7) is 3.98. The van der Waals surface area contributed by atoms with Crippen molar-refractivity contribution in [3.8, 4) is 11.5 Å². The van der Waals surface area contributed by atoms with Crippen molar-refractivity contribution >= 4 is 11.6 Å². The SMILES string of the molecule is COc1ccc(C[C@H](C(=O)Nc2cccc(C)c2C)c2nn[nH]n2)c(OC)c1. The number of tetrazole rings is 1. The van der Waals surface area contributed by atoms with Crippen LogP contribution >= 0.6 is 0 Å². The fraction of sp³-hybridized carbons (Fsp3) is 0.300. The van der Waals surface area contributed by atoms with Gasteiger partial charge >= 0.3 is 0 Å². The van der Waals surface area contributed by atoms with Gasteiger partial charge in [0.25, 0.3) is 0 Å². The third-order valence-corrected chi connectivity index (χ3v) is 4.77. The summed E-state index contributed by atoms with van der Waals surface area (Å²) >= 11 is 0. The summed E-state index contributed by atoms with van der Waals surface area (Å²) in [6.07, 6.45) is 0.351. The minimum Gasteiger partial charge on any atom is -0.497 e. The van der Waals surface area contributed by atoms with Gasteiger partial charge in [0, 0.05) is 11.8 Å². The van der Waals surface area contributed by atoms with Crippen LogP contribution in [0.2, 0.25) is 0 Å². The molecule has 1 atom stereocenters. The highest BCUT2D eigenvalue weighted by molar-refractivity contribution is 5.96. The molecule has 0 aliphatic carbocycles. The first-order valence-electron chi connectivity index (χ1n) is 8.84. The summed E-state index contributed by atoms with van der Waals surface area (Å²) in [4.78, 5) is 13.1. The van der Waals surface area contributed by atoms with E-state index in [1.165, 1.54) is 0 Å². The van der Waals surface area contributed by atoms with Crippen molar-refractivity contribution < 1.29 is 14.3 Å². The Bertz CT molecular complexity index is 956. The van der Waals surface area contributed by atoms with E-state index < -0.39 is 5.92 Å². The van der Waals surface area contributed by atoms with Gasteiger partial charge in [-0.15, -0.1) is 10.2 Å². The minimum atomic E-state index is -0.638. The van der Waals surface area contributed by atoms with E-state index in [0.29, 0.717) is 23.7 Å². The maximum Gasteiger partial charge on any atom is 0.235 e. The Hall–Kier alpha value is -3.42. The lowest BCUT2D eigenvalue weighted by atomic mass is 9.96. The standard InChI is InChI=1S/C20H23N5O3/c1-12-6-5-7-17(13(12)2)21-20(26)16(19-22-24-25-23-19)10-14-8-9-15(27-3)11-18(14)28-4/h5-9,11,16H,10H2,1-4H3,(H,21,26)(H,22,23,24,25)/t16-/m0/s1. The molecule has 3 rings (SSSR count). The van der Waals surface area contributed by atoms with Crippen LogP contribution in [0.1, 0.15) is 28.4 Å². The van der Waals surface area contributed by atoms with Crippen LogP contribution in [0.3, 0.4) is 0 Å². The van der Waals surface area contributed by atoms with Crippen molar-refractivity contribution in [3.63, 3.8) is 0 Å². The molecule has 8 nitrogen and oxygen atoms in total. The van der Waals surface area contributed by atoms with E-state index in [1.807, 2.05) is 44.2 Å². The first-order chi connectivity index (χ1) is 13.5. The van der Waals surface area contributed by atoms with Crippen molar-refractivity contribution in [2.45, 2.75) is 26.2 Å². The quantitative estimate of drug-likeness (QED) is 0.652. The monoisotopic (exact) mass is 381 g/mol. The molecule has 1 heterocycles. The number of carbonyl (C=O) groups excluding carboxylic acids is 1. The van der Waals surface area contributed by atoms with Crippen molar-refractivity contribution in [3.05, 3.63) is 58.9 Å². The molecule has 3 aromatic rings. The number of hydrogen-bond acceptors (Lipinski definition) is 6. The normalized spacial score (nSPS) is 11.7.